The molecule has 2 N–H and O–H groups in total. The van der Waals surface area contributed by atoms with Gasteiger partial charge in [-0.05, 0) is 45.0 Å². The molecule has 0 aliphatic heterocycles. The van der Waals surface area contributed by atoms with Gasteiger partial charge in [-0.15, -0.1) is 0 Å². The average molecular weight is 303 g/mol. The van der Waals surface area contributed by atoms with Crippen LogP contribution in [0.2, 0.25) is 0 Å². The molecule has 22 heavy (non-hydrogen) atoms. The second kappa shape index (κ2) is 6.75. The number of carbonyl (C=O) groups is 2. The lowest BCUT2D eigenvalue weighted by molar-refractivity contribution is -0.133. The second-order valence-electron chi connectivity index (χ2n) is 4.92. The van der Waals surface area contributed by atoms with E-state index in [0.29, 0.717) is 17.2 Å². The lowest BCUT2D eigenvalue weighted by atomic mass is 10.3. The number of hydrogen-bond acceptors (Lipinski definition) is 5. The molecule has 0 fully saturated rings. The fourth-order valence-electron chi connectivity index (χ4n) is 1.68. The van der Waals surface area contributed by atoms with Crippen LogP contribution in [0.3, 0.4) is 0 Å². The van der Waals surface area contributed by atoms with E-state index in [1.165, 1.54) is 6.07 Å². The Kier molecular flexibility index (Phi) is 4.77. The van der Waals surface area contributed by atoms with Crippen molar-refractivity contribution in [1.29, 1.82) is 0 Å². The predicted octanol–water partition coefficient (Wildman–Crippen LogP) is 2.35. The molecule has 0 aliphatic carbocycles. The first-order valence-electron chi connectivity index (χ1n) is 6.76. The molecular weight excluding hydrogens is 286 g/mol. The molecule has 7 heteroatoms. The van der Waals surface area contributed by atoms with Gasteiger partial charge >= 0.3 is 11.8 Å². The van der Waals surface area contributed by atoms with Crippen molar-refractivity contribution in [3.8, 4) is 5.75 Å². The smallest absolute Gasteiger partial charge is 0.315 e. The molecule has 1 heterocycles. The summed E-state index contributed by atoms with van der Waals surface area (Å²) in [4.78, 5) is 23.5. The summed E-state index contributed by atoms with van der Waals surface area (Å²) in [7, 11) is 0. The Hall–Kier alpha value is -2.83. The van der Waals surface area contributed by atoms with Crippen LogP contribution in [-0.4, -0.2) is 23.1 Å². The van der Waals surface area contributed by atoms with E-state index >= 15 is 0 Å². The minimum atomic E-state index is -0.823. The third kappa shape index (κ3) is 4.34. The van der Waals surface area contributed by atoms with Gasteiger partial charge < -0.3 is 14.6 Å². The van der Waals surface area contributed by atoms with E-state index in [9.17, 15) is 9.59 Å². The second-order valence-corrected chi connectivity index (χ2v) is 4.92. The van der Waals surface area contributed by atoms with E-state index in [2.05, 4.69) is 15.8 Å². The number of ether oxygens (including phenoxy) is 1. The molecule has 0 bridgehead atoms. The van der Waals surface area contributed by atoms with Gasteiger partial charge in [0.05, 0.1) is 6.10 Å². The molecule has 116 valence electrons. The van der Waals surface area contributed by atoms with Crippen LogP contribution in [-0.2, 0) is 9.59 Å². The van der Waals surface area contributed by atoms with E-state index in [4.69, 9.17) is 9.26 Å². The van der Waals surface area contributed by atoms with Crippen molar-refractivity contribution < 1.29 is 18.8 Å². The largest absolute Gasteiger partial charge is 0.491 e. The Balaban J connectivity index is 1.92. The van der Waals surface area contributed by atoms with Crippen LogP contribution >= 0.6 is 0 Å². The zero-order chi connectivity index (χ0) is 16.1. The van der Waals surface area contributed by atoms with Crippen molar-refractivity contribution in [1.82, 2.24) is 5.16 Å². The Labute approximate surface area is 127 Å². The number of hydrogen-bond donors (Lipinski definition) is 2. The van der Waals surface area contributed by atoms with Gasteiger partial charge in [0.25, 0.3) is 0 Å². The highest BCUT2D eigenvalue weighted by Gasteiger charge is 2.15. The lowest BCUT2D eigenvalue weighted by Crippen LogP contribution is -2.29. The molecular formula is C15H17N3O4. The highest BCUT2D eigenvalue weighted by Crippen LogP contribution is 2.17. The number of benzene rings is 1. The van der Waals surface area contributed by atoms with E-state index in [-0.39, 0.29) is 11.9 Å². The number of nitrogens with one attached hydrogen (secondary N) is 2. The third-order valence-corrected chi connectivity index (χ3v) is 2.56. The maximum absolute atomic E-state index is 11.8. The molecule has 0 saturated heterocycles. The first-order chi connectivity index (χ1) is 10.4. The standard InChI is InChI=1S/C15H17N3O4/c1-9(2)21-12-6-4-11(5-7-12)16-14(19)15(20)17-13-8-10(3)22-18-13/h4-9H,1-3H3,(H,16,19)(H,17,18,20). The highest BCUT2D eigenvalue weighted by molar-refractivity contribution is 6.43. The molecule has 7 nitrogen and oxygen atoms in total. The maximum atomic E-state index is 11.8. The van der Waals surface area contributed by atoms with E-state index < -0.39 is 11.8 Å². The molecule has 0 aliphatic rings. The van der Waals surface area contributed by atoms with Gasteiger partial charge in [-0.3, -0.25) is 14.9 Å². The zero-order valence-electron chi connectivity index (χ0n) is 12.5. The van der Waals surface area contributed by atoms with Gasteiger partial charge in [-0.1, -0.05) is 5.16 Å². The number of amides is 2. The van der Waals surface area contributed by atoms with Crippen LogP contribution in [0, 0.1) is 6.92 Å². The highest BCUT2D eigenvalue weighted by atomic mass is 16.5. The van der Waals surface area contributed by atoms with Crippen LogP contribution in [0.4, 0.5) is 11.5 Å². The molecule has 1 aromatic carbocycles. The molecule has 1 aromatic heterocycles. The molecule has 0 radical (unpaired) electrons. The summed E-state index contributed by atoms with van der Waals surface area (Å²) >= 11 is 0. The van der Waals surface area contributed by atoms with Gasteiger partial charge in [-0.25, -0.2) is 0 Å². The van der Waals surface area contributed by atoms with Gasteiger partial charge in [0, 0.05) is 11.8 Å². The van der Waals surface area contributed by atoms with Crippen LogP contribution in [0.15, 0.2) is 34.9 Å². The summed E-state index contributed by atoms with van der Waals surface area (Å²) in [5.74, 6) is -0.195. The average Bonchev–Trinajstić information content (AvgIpc) is 2.85. The first-order valence-corrected chi connectivity index (χ1v) is 6.76. The van der Waals surface area contributed by atoms with Crippen LogP contribution in [0.1, 0.15) is 19.6 Å². The first kappa shape index (κ1) is 15.6. The van der Waals surface area contributed by atoms with Gasteiger partial charge in [0.1, 0.15) is 11.5 Å². The van der Waals surface area contributed by atoms with Gasteiger partial charge in [0.15, 0.2) is 5.82 Å². The molecule has 2 aromatic rings. The summed E-state index contributed by atoms with van der Waals surface area (Å²) in [6.45, 7) is 5.53. The minimum absolute atomic E-state index is 0.0668. The molecule has 2 amide bonds. The molecule has 0 spiro atoms. The Morgan fingerprint density at radius 2 is 1.77 bits per heavy atom. The number of carbonyl (C=O) groups excluding carboxylic acids is 2. The van der Waals surface area contributed by atoms with Crippen LogP contribution in [0.25, 0.3) is 0 Å². The molecule has 2 rings (SSSR count). The quantitative estimate of drug-likeness (QED) is 0.846. The van der Waals surface area contributed by atoms with Crippen LogP contribution < -0.4 is 15.4 Å². The van der Waals surface area contributed by atoms with Crippen molar-refractivity contribution in [2.45, 2.75) is 26.9 Å². The Morgan fingerprint density at radius 3 is 2.32 bits per heavy atom. The minimum Gasteiger partial charge on any atom is -0.491 e. The zero-order valence-corrected chi connectivity index (χ0v) is 12.5. The van der Waals surface area contributed by atoms with Crippen molar-refractivity contribution in [2.75, 3.05) is 10.6 Å². The summed E-state index contributed by atoms with van der Waals surface area (Å²) < 4.78 is 10.3. The molecule has 0 unspecified atom stereocenters. The van der Waals surface area contributed by atoms with Crippen molar-refractivity contribution in [2.24, 2.45) is 0 Å². The number of anilines is 2. The number of rotatable bonds is 4. The predicted molar refractivity (Wildman–Crippen MR) is 80.7 cm³/mol. The molecule has 0 saturated carbocycles. The van der Waals surface area contributed by atoms with E-state index in [0.717, 1.165) is 0 Å². The fourth-order valence-corrected chi connectivity index (χ4v) is 1.68. The summed E-state index contributed by atoms with van der Waals surface area (Å²) in [5, 5.41) is 8.40. The van der Waals surface area contributed by atoms with Crippen molar-refractivity contribution >= 4 is 23.3 Å². The summed E-state index contributed by atoms with van der Waals surface area (Å²) in [5.41, 5.74) is 0.493. The Morgan fingerprint density at radius 1 is 1.14 bits per heavy atom. The lowest BCUT2D eigenvalue weighted by Gasteiger charge is -2.10. The number of nitrogens with zero attached hydrogens (tertiary/aromatic N) is 1. The van der Waals surface area contributed by atoms with Crippen LogP contribution in [0.5, 0.6) is 5.75 Å². The van der Waals surface area contributed by atoms with E-state index in [1.807, 2.05) is 13.8 Å². The monoisotopic (exact) mass is 303 g/mol. The maximum Gasteiger partial charge on any atom is 0.315 e. The summed E-state index contributed by atoms with van der Waals surface area (Å²) in [6, 6.07) is 8.26. The number of aromatic nitrogens is 1. The van der Waals surface area contributed by atoms with Crippen molar-refractivity contribution in [3.63, 3.8) is 0 Å². The molecule has 0 atom stereocenters. The van der Waals surface area contributed by atoms with Gasteiger partial charge in [-0.2, -0.15) is 0 Å². The number of aryl methyl sites for hydroxylation is 1. The van der Waals surface area contributed by atoms with Crippen molar-refractivity contribution in [3.05, 3.63) is 36.1 Å². The third-order valence-electron chi connectivity index (χ3n) is 2.56. The van der Waals surface area contributed by atoms with Gasteiger partial charge in [0.2, 0.25) is 0 Å². The fraction of sp³-hybridized carbons (Fsp3) is 0.267. The SMILES string of the molecule is Cc1cc(NC(=O)C(=O)Nc2ccc(OC(C)C)cc2)no1. The normalized spacial score (nSPS) is 10.4. The summed E-state index contributed by atoms with van der Waals surface area (Å²) in [6.07, 6.45) is 0.0668. The van der Waals surface area contributed by atoms with E-state index in [1.54, 1.807) is 31.2 Å². The topological polar surface area (TPSA) is 93.5 Å². The Bertz CT molecular complexity index is 662.